The highest BCUT2D eigenvalue weighted by Gasteiger charge is 2.21. The number of nitrogens with zero attached hydrogens (tertiary/aromatic N) is 2. The molecule has 5 heteroatoms. The molecule has 0 bridgehead atoms. The lowest BCUT2D eigenvalue weighted by Gasteiger charge is -2.24. The molecule has 1 aliphatic heterocycles. The van der Waals surface area contributed by atoms with Gasteiger partial charge in [-0.15, -0.1) is 0 Å². The number of aliphatic hydroxyl groups excluding tert-OH is 1. The average molecular weight is 367 g/mol. The third kappa shape index (κ3) is 2.94. The molecule has 1 fully saturated rings. The van der Waals surface area contributed by atoms with Crippen molar-refractivity contribution in [3.05, 3.63) is 27.9 Å². The second-order valence-electron chi connectivity index (χ2n) is 6.32. The van der Waals surface area contributed by atoms with Crippen molar-refractivity contribution in [2.45, 2.75) is 45.8 Å². The largest absolute Gasteiger partial charge is 0.396 e. The highest BCUT2D eigenvalue weighted by atomic mass is 79.9. The minimum absolute atomic E-state index is 0.0553. The predicted octanol–water partition coefficient (Wildman–Crippen LogP) is 3.98. The summed E-state index contributed by atoms with van der Waals surface area (Å²) in [6.45, 7) is 5.22. The molecule has 1 saturated heterocycles. The molecule has 1 N–H and O–H groups in total. The molecule has 3 rings (SSSR count). The summed E-state index contributed by atoms with van der Waals surface area (Å²) in [6, 6.07) is 2.20. The fourth-order valence-corrected chi connectivity index (χ4v) is 3.90. The van der Waals surface area contributed by atoms with Crippen LogP contribution in [0.1, 0.15) is 43.5 Å². The van der Waals surface area contributed by atoms with E-state index in [4.69, 9.17) is 4.74 Å². The predicted molar refractivity (Wildman–Crippen MR) is 91.0 cm³/mol. The van der Waals surface area contributed by atoms with Crippen molar-refractivity contribution in [2.75, 3.05) is 13.2 Å². The summed E-state index contributed by atoms with van der Waals surface area (Å²) in [4.78, 5) is 0. The highest BCUT2D eigenvalue weighted by Crippen LogP contribution is 2.34. The maximum Gasteiger partial charge on any atom is 0.150 e. The van der Waals surface area contributed by atoms with Gasteiger partial charge in [-0.1, -0.05) is 6.92 Å². The molecule has 4 nitrogen and oxygen atoms in total. The first-order chi connectivity index (χ1) is 10.6. The number of rotatable bonds is 4. The van der Waals surface area contributed by atoms with Gasteiger partial charge < -0.3 is 9.84 Å². The van der Waals surface area contributed by atoms with Crippen molar-refractivity contribution in [3.63, 3.8) is 0 Å². The van der Waals surface area contributed by atoms with Crippen LogP contribution in [-0.2, 0) is 11.2 Å². The van der Waals surface area contributed by atoms with Crippen LogP contribution < -0.4 is 0 Å². The van der Waals surface area contributed by atoms with Crippen molar-refractivity contribution in [1.29, 1.82) is 0 Å². The van der Waals surface area contributed by atoms with E-state index in [2.05, 4.69) is 40.9 Å². The Morgan fingerprint density at radius 1 is 1.50 bits per heavy atom. The Kier molecular flexibility index (Phi) is 4.85. The maximum atomic E-state index is 9.32. The van der Waals surface area contributed by atoms with Crippen molar-refractivity contribution in [3.8, 4) is 0 Å². The molecule has 120 valence electrons. The van der Waals surface area contributed by atoms with E-state index in [1.54, 1.807) is 0 Å². The van der Waals surface area contributed by atoms with Crippen molar-refractivity contribution in [1.82, 2.24) is 9.78 Å². The molecule has 0 saturated carbocycles. The summed E-state index contributed by atoms with van der Waals surface area (Å²) in [5.74, 6) is 0.254. The van der Waals surface area contributed by atoms with E-state index < -0.39 is 0 Å². The van der Waals surface area contributed by atoms with E-state index in [9.17, 15) is 5.11 Å². The standard InChI is InChI=1S/C17H23BrN2O2/c1-11(10-21)7-13-12(2)8-15-14(17(13)18)9-19-20(15)16-5-3-4-6-22-16/h8-9,11,16,21H,3-7,10H2,1-2H3. The molecule has 0 aliphatic carbocycles. The summed E-state index contributed by atoms with van der Waals surface area (Å²) >= 11 is 3.75. The smallest absolute Gasteiger partial charge is 0.150 e. The van der Waals surface area contributed by atoms with Crippen LogP contribution in [0.25, 0.3) is 10.9 Å². The highest BCUT2D eigenvalue weighted by molar-refractivity contribution is 9.10. The van der Waals surface area contributed by atoms with Crippen molar-refractivity contribution >= 4 is 26.8 Å². The molecule has 1 aromatic heterocycles. The SMILES string of the molecule is Cc1cc2c(cnn2C2CCCCO2)c(Br)c1CC(C)CO. The fraction of sp³-hybridized carbons (Fsp3) is 0.588. The van der Waals surface area contributed by atoms with Crippen LogP contribution in [0, 0.1) is 12.8 Å². The maximum absolute atomic E-state index is 9.32. The second-order valence-corrected chi connectivity index (χ2v) is 7.11. The van der Waals surface area contributed by atoms with Gasteiger partial charge in [-0.2, -0.15) is 5.10 Å². The number of ether oxygens (including phenoxy) is 1. The molecule has 22 heavy (non-hydrogen) atoms. The quantitative estimate of drug-likeness (QED) is 0.889. The molecule has 2 aromatic rings. The molecule has 2 unspecified atom stereocenters. The van der Waals surface area contributed by atoms with E-state index in [-0.39, 0.29) is 18.8 Å². The molecule has 2 atom stereocenters. The van der Waals surface area contributed by atoms with Crippen LogP contribution in [0.15, 0.2) is 16.7 Å². The second kappa shape index (κ2) is 6.69. The zero-order valence-electron chi connectivity index (χ0n) is 13.2. The minimum atomic E-state index is 0.0553. The number of fused-ring (bicyclic) bond motifs is 1. The van der Waals surface area contributed by atoms with E-state index in [0.29, 0.717) is 0 Å². The van der Waals surface area contributed by atoms with Crippen LogP contribution in [0.3, 0.4) is 0 Å². The van der Waals surface area contributed by atoms with Gasteiger partial charge in [0.25, 0.3) is 0 Å². The topological polar surface area (TPSA) is 47.3 Å². The van der Waals surface area contributed by atoms with Crippen LogP contribution in [-0.4, -0.2) is 28.1 Å². The number of halogens is 1. The van der Waals surface area contributed by atoms with E-state index >= 15 is 0 Å². The van der Waals surface area contributed by atoms with Gasteiger partial charge in [0.2, 0.25) is 0 Å². The lowest BCUT2D eigenvalue weighted by Crippen LogP contribution is -2.19. The summed E-state index contributed by atoms with van der Waals surface area (Å²) in [5.41, 5.74) is 3.62. The van der Waals surface area contributed by atoms with Gasteiger partial charge in [0, 0.05) is 23.1 Å². The van der Waals surface area contributed by atoms with E-state index in [0.717, 1.165) is 41.2 Å². The summed E-state index contributed by atoms with van der Waals surface area (Å²) in [6.07, 6.45) is 6.20. The number of hydrogen-bond acceptors (Lipinski definition) is 3. The zero-order valence-corrected chi connectivity index (χ0v) is 14.8. The Hall–Kier alpha value is -0.910. The van der Waals surface area contributed by atoms with Gasteiger partial charge in [0.05, 0.1) is 11.7 Å². The number of hydrogen-bond donors (Lipinski definition) is 1. The Balaban J connectivity index is 2.02. The monoisotopic (exact) mass is 366 g/mol. The van der Waals surface area contributed by atoms with E-state index in [1.165, 1.54) is 17.5 Å². The van der Waals surface area contributed by atoms with Crippen LogP contribution in [0.5, 0.6) is 0 Å². The number of aromatic nitrogens is 2. The van der Waals surface area contributed by atoms with Gasteiger partial charge in [0.1, 0.15) is 0 Å². The van der Waals surface area contributed by atoms with E-state index in [1.807, 2.05) is 10.9 Å². The van der Waals surface area contributed by atoms with Crippen LogP contribution in [0.2, 0.25) is 0 Å². The summed E-state index contributed by atoms with van der Waals surface area (Å²) in [5, 5.41) is 15.0. The van der Waals surface area contributed by atoms with Gasteiger partial charge >= 0.3 is 0 Å². The molecule has 1 aromatic carbocycles. The van der Waals surface area contributed by atoms with Gasteiger partial charge in [-0.05, 0) is 71.6 Å². The first-order valence-corrected chi connectivity index (χ1v) is 8.78. The molecule has 0 spiro atoms. The number of aliphatic hydroxyl groups is 1. The first-order valence-electron chi connectivity index (χ1n) is 7.99. The van der Waals surface area contributed by atoms with Crippen LogP contribution >= 0.6 is 15.9 Å². The molecular formula is C17H23BrN2O2. The Morgan fingerprint density at radius 3 is 3.00 bits per heavy atom. The third-order valence-corrected chi connectivity index (χ3v) is 5.36. The molecule has 0 amide bonds. The molecular weight excluding hydrogens is 344 g/mol. The van der Waals surface area contributed by atoms with Gasteiger partial charge in [-0.25, -0.2) is 4.68 Å². The Morgan fingerprint density at radius 2 is 2.32 bits per heavy atom. The minimum Gasteiger partial charge on any atom is -0.396 e. The first kappa shape index (κ1) is 16.0. The lowest BCUT2D eigenvalue weighted by atomic mass is 9.96. The fourth-order valence-electron chi connectivity index (χ4n) is 3.12. The Labute approximate surface area is 139 Å². The van der Waals surface area contributed by atoms with Crippen LogP contribution in [0.4, 0.5) is 0 Å². The van der Waals surface area contributed by atoms with Crippen molar-refractivity contribution < 1.29 is 9.84 Å². The zero-order chi connectivity index (χ0) is 15.7. The van der Waals surface area contributed by atoms with Gasteiger partial charge in [-0.3, -0.25) is 0 Å². The summed E-state index contributed by atoms with van der Waals surface area (Å²) in [7, 11) is 0. The number of aryl methyl sites for hydroxylation is 1. The molecule has 1 aliphatic rings. The van der Waals surface area contributed by atoms with Crippen molar-refractivity contribution in [2.24, 2.45) is 5.92 Å². The normalized spacial score (nSPS) is 20.5. The third-order valence-electron chi connectivity index (χ3n) is 4.46. The summed E-state index contributed by atoms with van der Waals surface area (Å²) < 4.78 is 9.00. The average Bonchev–Trinajstić information content (AvgIpc) is 2.95. The molecule has 0 radical (unpaired) electrons. The lowest BCUT2D eigenvalue weighted by molar-refractivity contribution is -0.0366. The molecule has 2 heterocycles. The Bertz CT molecular complexity index is 662. The number of benzene rings is 1. The van der Waals surface area contributed by atoms with Gasteiger partial charge in [0.15, 0.2) is 6.23 Å².